The molecule has 1 amide bonds. The lowest BCUT2D eigenvalue weighted by atomic mass is 10.1. The van der Waals surface area contributed by atoms with Crippen molar-refractivity contribution in [1.29, 1.82) is 0 Å². The van der Waals surface area contributed by atoms with Gasteiger partial charge in [-0.2, -0.15) is 4.31 Å². The van der Waals surface area contributed by atoms with E-state index in [1.165, 1.54) is 33.3 Å². The Morgan fingerprint density at radius 2 is 1.55 bits per heavy atom. The second-order valence-corrected chi connectivity index (χ2v) is 11.8. The van der Waals surface area contributed by atoms with Gasteiger partial charge in [-0.3, -0.25) is 10.1 Å². The Morgan fingerprint density at radius 1 is 0.970 bits per heavy atom. The third-order valence-electron chi connectivity index (χ3n) is 4.96. The minimum atomic E-state index is -3.63. The number of rotatable bonds is 9. The molecule has 3 rings (SSSR count). The largest absolute Gasteiger partial charge is 0.298 e. The number of aromatic nitrogens is 1. The van der Waals surface area contributed by atoms with Crippen LogP contribution in [0.2, 0.25) is 0 Å². The zero-order valence-electron chi connectivity index (χ0n) is 19.7. The number of amides is 1. The molecule has 6 nitrogen and oxygen atoms in total. The summed E-state index contributed by atoms with van der Waals surface area (Å²) in [6, 6.07) is 14.1. The lowest BCUT2D eigenvalue weighted by Gasteiger charge is -2.25. The highest BCUT2D eigenvalue weighted by molar-refractivity contribution is 7.89. The molecule has 0 bridgehead atoms. The smallest absolute Gasteiger partial charge is 0.257 e. The number of hydrogen-bond donors (Lipinski definition) is 1. The van der Waals surface area contributed by atoms with E-state index in [9.17, 15) is 13.2 Å². The minimum absolute atomic E-state index is 0.191. The van der Waals surface area contributed by atoms with E-state index in [1.807, 2.05) is 64.3 Å². The lowest BCUT2D eigenvalue weighted by molar-refractivity contribution is 0.102. The number of benzene rings is 2. The third-order valence-corrected chi connectivity index (χ3v) is 7.57. The summed E-state index contributed by atoms with van der Waals surface area (Å²) >= 11 is 1.35. The predicted molar refractivity (Wildman–Crippen MR) is 135 cm³/mol. The van der Waals surface area contributed by atoms with E-state index >= 15 is 0 Å². The fourth-order valence-electron chi connectivity index (χ4n) is 3.37. The standard InChI is InChI=1S/C25H31N3O3S2/c1-17(2)14-28(15-18(3)4)33(30,31)22-12-10-21(11-13-22)24(29)27-25-26-23(16-32-25)20-8-6-19(5)7-9-20/h6-13,16-18H,14-15H2,1-5H3,(H,26,27,29). The maximum Gasteiger partial charge on any atom is 0.257 e. The van der Waals surface area contributed by atoms with Crippen molar-refractivity contribution in [3.63, 3.8) is 0 Å². The molecule has 0 unspecified atom stereocenters. The van der Waals surface area contributed by atoms with Gasteiger partial charge in [-0.25, -0.2) is 13.4 Å². The predicted octanol–water partition coefficient (Wildman–Crippen LogP) is 5.67. The van der Waals surface area contributed by atoms with Crippen LogP contribution in [-0.4, -0.2) is 36.7 Å². The molecular formula is C25H31N3O3S2. The zero-order chi connectivity index (χ0) is 24.2. The number of nitrogens with one attached hydrogen (secondary N) is 1. The quantitative estimate of drug-likeness (QED) is 0.423. The first-order chi connectivity index (χ1) is 15.6. The summed E-state index contributed by atoms with van der Waals surface area (Å²) in [6.07, 6.45) is 0. The number of hydrogen-bond acceptors (Lipinski definition) is 5. The SMILES string of the molecule is Cc1ccc(-c2csc(NC(=O)c3ccc(S(=O)(=O)N(CC(C)C)CC(C)C)cc3)n2)cc1. The third kappa shape index (κ3) is 6.50. The van der Waals surface area contributed by atoms with Crippen molar-refractivity contribution < 1.29 is 13.2 Å². The first kappa shape index (κ1) is 25.1. The van der Waals surface area contributed by atoms with E-state index in [1.54, 1.807) is 12.1 Å². The van der Waals surface area contributed by atoms with Gasteiger partial charge < -0.3 is 0 Å². The van der Waals surface area contributed by atoms with Crippen LogP contribution in [0.5, 0.6) is 0 Å². The molecule has 33 heavy (non-hydrogen) atoms. The minimum Gasteiger partial charge on any atom is -0.298 e. The zero-order valence-corrected chi connectivity index (χ0v) is 21.3. The van der Waals surface area contributed by atoms with Crippen molar-refractivity contribution in [1.82, 2.24) is 9.29 Å². The molecule has 0 aliphatic rings. The Balaban J connectivity index is 1.73. The lowest BCUT2D eigenvalue weighted by Crippen LogP contribution is -2.37. The van der Waals surface area contributed by atoms with Crippen molar-refractivity contribution >= 4 is 32.4 Å². The van der Waals surface area contributed by atoms with Crippen LogP contribution in [0.1, 0.15) is 43.6 Å². The molecule has 0 fully saturated rings. The van der Waals surface area contributed by atoms with Gasteiger partial charge in [0.2, 0.25) is 10.0 Å². The number of sulfonamides is 1. The average Bonchev–Trinajstić information content (AvgIpc) is 3.21. The molecule has 1 heterocycles. The molecule has 3 aromatic rings. The molecule has 0 aliphatic heterocycles. The molecule has 1 N–H and O–H groups in total. The van der Waals surface area contributed by atoms with Crippen molar-refractivity contribution in [2.45, 2.75) is 39.5 Å². The van der Waals surface area contributed by atoms with Crippen molar-refractivity contribution in [2.75, 3.05) is 18.4 Å². The Hall–Kier alpha value is -2.55. The van der Waals surface area contributed by atoms with Gasteiger partial charge in [0.25, 0.3) is 5.91 Å². The van der Waals surface area contributed by atoms with Crippen molar-refractivity contribution in [3.05, 3.63) is 65.0 Å². The van der Waals surface area contributed by atoms with E-state index < -0.39 is 10.0 Å². The van der Waals surface area contributed by atoms with Gasteiger partial charge in [0.05, 0.1) is 10.6 Å². The topological polar surface area (TPSA) is 79.4 Å². The highest BCUT2D eigenvalue weighted by Gasteiger charge is 2.26. The van der Waals surface area contributed by atoms with Crippen LogP contribution in [0.4, 0.5) is 5.13 Å². The second-order valence-electron chi connectivity index (χ2n) is 8.99. The number of nitrogens with zero attached hydrogens (tertiary/aromatic N) is 2. The van der Waals surface area contributed by atoms with Crippen LogP contribution < -0.4 is 5.32 Å². The Kier molecular flexibility index (Phi) is 8.05. The highest BCUT2D eigenvalue weighted by atomic mass is 32.2. The van der Waals surface area contributed by atoms with Crippen LogP contribution in [0.3, 0.4) is 0 Å². The number of thiazole rings is 1. The van der Waals surface area contributed by atoms with E-state index in [4.69, 9.17) is 0 Å². The van der Waals surface area contributed by atoms with Gasteiger partial charge in [0.1, 0.15) is 0 Å². The van der Waals surface area contributed by atoms with E-state index in [0.717, 1.165) is 11.3 Å². The first-order valence-corrected chi connectivity index (χ1v) is 13.3. The van der Waals surface area contributed by atoms with Crippen molar-refractivity contribution in [3.8, 4) is 11.3 Å². The molecule has 0 saturated heterocycles. The Labute approximate surface area is 200 Å². The van der Waals surface area contributed by atoms with Crippen molar-refractivity contribution in [2.24, 2.45) is 11.8 Å². The molecule has 0 radical (unpaired) electrons. The molecule has 0 atom stereocenters. The molecule has 0 saturated carbocycles. The van der Waals surface area contributed by atoms with Gasteiger partial charge >= 0.3 is 0 Å². The second kappa shape index (κ2) is 10.6. The Bertz CT molecular complexity index is 1170. The summed E-state index contributed by atoms with van der Waals surface area (Å²) in [7, 11) is -3.63. The molecule has 0 aliphatic carbocycles. The summed E-state index contributed by atoms with van der Waals surface area (Å²) in [4.78, 5) is 17.4. The normalized spacial score (nSPS) is 12.0. The van der Waals surface area contributed by atoms with E-state index in [-0.39, 0.29) is 22.6 Å². The molecule has 1 aromatic heterocycles. The highest BCUT2D eigenvalue weighted by Crippen LogP contribution is 2.26. The van der Waals surface area contributed by atoms with Crippen LogP contribution in [0.15, 0.2) is 58.8 Å². The van der Waals surface area contributed by atoms with Crippen LogP contribution in [0.25, 0.3) is 11.3 Å². The number of aryl methyl sites for hydroxylation is 1. The van der Waals surface area contributed by atoms with Gasteiger partial charge in [-0.05, 0) is 43.0 Å². The van der Waals surface area contributed by atoms with Gasteiger partial charge in [-0.1, -0.05) is 57.5 Å². The molecular weight excluding hydrogens is 454 g/mol. The fraction of sp³-hybridized carbons (Fsp3) is 0.360. The average molecular weight is 486 g/mol. The summed E-state index contributed by atoms with van der Waals surface area (Å²) in [5.74, 6) is 0.100. The summed E-state index contributed by atoms with van der Waals surface area (Å²) in [6.45, 7) is 10.9. The van der Waals surface area contributed by atoms with Crippen LogP contribution in [0, 0.1) is 18.8 Å². The monoisotopic (exact) mass is 485 g/mol. The maximum absolute atomic E-state index is 13.2. The van der Waals surface area contributed by atoms with Gasteiger partial charge in [-0.15, -0.1) is 11.3 Å². The van der Waals surface area contributed by atoms with Crippen LogP contribution >= 0.6 is 11.3 Å². The maximum atomic E-state index is 13.2. The van der Waals surface area contributed by atoms with E-state index in [2.05, 4.69) is 10.3 Å². The number of carbonyl (C=O) groups excluding carboxylic acids is 1. The number of carbonyl (C=O) groups is 1. The molecule has 176 valence electrons. The fourth-order valence-corrected chi connectivity index (χ4v) is 5.85. The Morgan fingerprint density at radius 3 is 2.09 bits per heavy atom. The van der Waals surface area contributed by atoms with Gasteiger partial charge in [0.15, 0.2) is 5.13 Å². The number of anilines is 1. The van der Waals surface area contributed by atoms with Gasteiger partial charge in [0, 0.05) is 29.6 Å². The molecule has 0 spiro atoms. The summed E-state index contributed by atoms with van der Waals surface area (Å²) in [5.41, 5.74) is 3.33. The first-order valence-electron chi connectivity index (χ1n) is 11.0. The molecule has 8 heteroatoms. The molecule has 2 aromatic carbocycles. The van der Waals surface area contributed by atoms with E-state index in [0.29, 0.717) is 23.8 Å². The summed E-state index contributed by atoms with van der Waals surface area (Å²) in [5, 5.41) is 5.19. The van der Waals surface area contributed by atoms with Crippen LogP contribution in [-0.2, 0) is 10.0 Å². The summed E-state index contributed by atoms with van der Waals surface area (Å²) < 4.78 is 27.8.